The van der Waals surface area contributed by atoms with E-state index in [4.69, 9.17) is 4.42 Å². The summed E-state index contributed by atoms with van der Waals surface area (Å²) in [6.45, 7) is 7.19. The fourth-order valence-electron chi connectivity index (χ4n) is 3.52. The summed E-state index contributed by atoms with van der Waals surface area (Å²) < 4.78 is 5.53. The number of amides is 2. The summed E-state index contributed by atoms with van der Waals surface area (Å²) in [6.07, 6.45) is 0. The van der Waals surface area contributed by atoms with Crippen LogP contribution in [0.2, 0.25) is 0 Å². The largest absolute Gasteiger partial charge is 0.458 e. The zero-order valence-corrected chi connectivity index (χ0v) is 19.1. The second kappa shape index (κ2) is 8.85. The Bertz CT molecular complexity index is 1300. The minimum absolute atomic E-state index is 0.136. The number of nitrogens with one attached hydrogen (secondary N) is 1. The van der Waals surface area contributed by atoms with Crippen molar-refractivity contribution >= 4 is 28.3 Å². The van der Waals surface area contributed by atoms with Crippen molar-refractivity contribution in [1.82, 2.24) is 25.5 Å². The van der Waals surface area contributed by atoms with Crippen LogP contribution in [0.4, 0.5) is 5.69 Å². The van der Waals surface area contributed by atoms with E-state index in [1.54, 1.807) is 12.1 Å². The van der Waals surface area contributed by atoms with Crippen molar-refractivity contribution in [2.24, 2.45) is 0 Å². The van der Waals surface area contributed by atoms with Crippen molar-refractivity contribution in [1.29, 1.82) is 0 Å². The van der Waals surface area contributed by atoms with Gasteiger partial charge in [-0.2, -0.15) is 4.80 Å². The average Bonchev–Trinajstić information content (AvgIpc) is 3.39. The standard InChI is InChI=1S/C24H26N6O3/c1-16-12-13-20(33-16)23-26-28-30(27-23)15-22(32)29(14-21(31)25-24(2,3)4)19-11-7-9-17-8-5-6-10-18(17)19/h5-13H,14-15H2,1-4H3,(H,25,31). The van der Waals surface area contributed by atoms with Gasteiger partial charge in [-0.3, -0.25) is 9.59 Å². The highest BCUT2D eigenvalue weighted by atomic mass is 16.3. The van der Waals surface area contributed by atoms with Crippen LogP contribution in [0.5, 0.6) is 0 Å². The Morgan fingerprint density at radius 3 is 2.55 bits per heavy atom. The Balaban J connectivity index is 1.63. The van der Waals surface area contributed by atoms with Gasteiger partial charge in [0.2, 0.25) is 11.7 Å². The summed E-state index contributed by atoms with van der Waals surface area (Å²) in [4.78, 5) is 28.8. The SMILES string of the molecule is Cc1ccc(-c2nnn(CC(=O)N(CC(=O)NC(C)(C)C)c3cccc4ccccc34)n2)o1. The predicted molar refractivity (Wildman–Crippen MR) is 124 cm³/mol. The molecule has 0 radical (unpaired) electrons. The van der Waals surface area contributed by atoms with Crippen LogP contribution in [0.25, 0.3) is 22.4 Å². The lowest BCUT2D eigenvalue weighted by molar-refractivity contribution is -0.125. The van der Waals surface area contributed by atoms with Gasteiger partial charge in [-0.05, 0) is 56.5 Å². The molecule has 9 nitrogen and oxygen atoms in total. The fraction of sp³-hybridized carbons (Fsp3) is 0.292. The number of carbonyl (C=O) groups is 2. The lowest BCUT2D eigenvalue weighted by Gasteiger charge is -2.26. The molecule has 9 heteroatoms. The highest BCUT2D eigenvalue weighted by molar-refractivity contribution is 6.06. The number of nitrogens with zero attached hydrogens (tertiary/aromatic N) is 5. The van der Waals surface area contributed by atoms with E-state index in [1.807, 2.05) is 70.2 Å². The summed E-state index contributed by atoms with van der Waals surface area (Å²) in [5.74, 6) is 0.890. The number of tetrazole rings is 1. The molecule has 0 unspecified atom stereocenters. The molecule has 0 aliphatic carbocycles. The minimum atomic E-state index is -0.423. The molecule has 0 bridgehead atoms. The molecule has 2 aromatic heterocycles. The monoisotopic (exact) mass is 446 g/mol. The molecule has 2 heterocycles. The summed E-state index contributed by atoms with van der Waals surface area (Å²) in [7, 11) is 0. The zero-order valence-electron chi connectivity index (χ0n) is 19.1. The van der Waals surface area contributed by atoms with Crippen LogP contribution >= 0.6 is 0 Å². The number of carbonyl (C=O) groups excluding carboxylic acids is 2. The van der Waals surface area contributed by atoms with E-state index in [0.29, 0.717) is 11.4 Å². The van der Waals surface area contributed by atoms with Crippen LogP contribution in [0.3, 0.4) is 0 Å². The third-order valence-electron chi connectivity index (χ3n) is 4.86. The molecule has 0 saturated carbocycles. The molecule has 1 N–H and O–H groups in total. The molecular weight excluding hydrogens is 420 g/mol. The van der Waals surface area contributed by atoms with E-state index in [2.05, 4.69) is 20.7 Å². The van der Waals surface area contributed by atoms with Crippen LogP contribution in [0, 0.1) is 6.92 Å². The van der Waals surface area contributed by atoms with E-state index >= 15 is 0 Å². The van der Waals surface area contributed by atoms with Gasteiger partial charge in [-0.1, -0.05) is 36.4 Å². The van der Waals surface area contributed by atoms with Crippen LogP contribution < -0.4 is 10.2 Å². The Morgan fingerprint density at radius 1 is 1.06 bits per heavy atom. The van der Waals surface area contributed by atoms with Gasteiger partial charge in [0.15, 0.2) is 5.76 Å². The van der Waals surface area contributed by atoms with Gasteiger partial charge in [-0.25, -0.2) is 0 Å². The van der Waals surface area contributed by atoms with Gasteiger partial charge in [0.05, 0.1) is 5.69 Å². The minimum Gasteiger partial charge on any atom is -0.458 e. The number of furan rings is 1. The number of rotatable bonds is 6. The van der Waals surface area contributed by atoms with Crippen molar-refractivity contribution in [2.75, 3.05) is 11.4 Å². The molecule has 2 amide bonds. The number of anilines is 1. The summed E-state index contributed by atoms with van der Waals surface area (Å²) >= 11 is 0. The number of hydrogen-bond donors (Lipinski definition) is 1. The predicted octanol–water partition coefficient (Wildman–Crippen LogP) is 3.34. The van der Waals surface area contributed by atoms with E-state index in [9.17, 15) is 9.59 Å². The maximum atomic E-state index is 13.4. The molecule has 0 aliphatic rings. The Kier molecular flexibility index (Phi) is 5.95. The lowest BCUT2D eigenvalue weighted by Crippen LogP contribution is -2.48. The Morgan fingerprint density at radius 2 is 1.82 bits per heavy atom. The maximum absolute atomic E-state index is 13.4. The Hall–Kier alpha value is -4.01. The molecule has 0 fully saturated rings. The molecule has 0 saturated heterocycles. The molecule has 0 atom stereocenters. The molecule has 4 aromatic rings. The molecule has 33 heavy (non-hydrogen) atoms. The first-order valence-electron chi connectivity index (χ1n) is 10.6. The summed E-state index contributed by atoms with van der Waals surface area (Å²) in [5.41, 5.74) is 0.220. The normalized spacial score (nSPS) is 11.5. The van der Waals surface area contributed by atoms with E-state index < -0.39 is 5.54 Å². The topological polar surface area (TPSA) is 106 Å². The first-order chi connectivity index (χ1) is 15.7. The first kappa shape index (κ1) is 22.2. The van der Waals surface area contributed by atoms with Crippen LogP contribution in [0.1, 0.15) is 26.5 Å². The summed E-state index contributed by atoms with van der Waals surface area (Å²) in [5, 5.41) is 17.0. The highest BCUT2D eigenvalue weighted by Gasteiger charge is 2.24. The fourth-order valence-corrected chi connectivity index (χ4v) is 3.52. The first-order valence-corrected chi connectivity index (χ1v) is 10.6. The van der Waals surface area contributed by atoms with Gasteiger partial charge in [0, 0.05) is 10.9 Å². The van der Waals surface area contributed by atoms with Gasteiger partial charge in [0.1, 0.15) is 18.8 Å². The number of aryl methyl sites for hydroxylation is 1. The number of fused-ring (bicyclic) bond motifs is 1. The smallest absolute Gasteiger partial charge is 0.251 e. The second-order valence-electron chi connectivity index (χ2n) is 8.83. The molecule has 170 valence electrons. The van der Waals surface area contributed by atoms with E-state index in [1.165, 1.54) is 9.70 Å². The maximum Gasteiger partial charge on any atom is 0.251 e. The van der Waals surface area contributed by atoms with Gasteiger partial charge in [0.25, 0.3) is 5.91 Å². The van der Waals surface area contributed by atoms with Crippen molar-refractivity contribution in [3.63, 3.8) is 0 Å². The quantitative estimate of drug-likeness (QED) is 0.487. The molecule has 4 rings (SSSR count). The summed E-state index contributed by atoms with van der Waals surface area (Å²) in [6, 6.07) is 16.9. The number of aromatic nitrogens is 4. The van der Waals surface area contributed by atoms with Gasteiger partial charge in [-0.15, -0.1) is 10.2 Å². The van der Waals surface area contributed by atoms with Crippen molar-refractivity contribution in [3.05, 3.63) is 60.4 Å². The van der Waals surface area contributed by atoms with E-state index in [0.717, 1.165) is 16.5 Å². The average molecular weight is 447 g/mol. The number of hydrogen-bond acceptors (Lipinski definition) is 6. The second-order valence-corrected chi connectivity index (χ2v) is 8.83. The highest BCUT2D eigenvalue weighted by Crippen LogP contribution is 2.27. The van der Waals surface area contributed by atoms with Crippen LogP contribution in [-0.2, 0) is 16.1 Å². The third-order valence-corrected chi connectivity index (χ3v) is 4.86. The van der Waals surface area contributed by atoms with Crippen molar-refractivity contribution in [2.45, 2.75) is 39.8 Å². The van der Waals surface area contributed by atoms with Gasteiger partial charge >= 0.3 is 0 Å². The third kappa shape index (κ3) is 5.25. The number of benzene rings is 2. The molecule has 0 spiro atoms. The molecular formula is C24H26N6O3. The zero-order chi connectivity index (χ0) is 23.6. The lowest BCUT2D eigenvalue weighted by atomic mass is 10.1. The molecule has 2 aromatic carbocycles. The van der Waals surface area contributed by atoms with Crippen LogP contribution in [0.15, 0.2) is 59.0 Å². The van der Waals surface area contributed by atoms with Gasteiger partial charge < -0.3 is 14.6 Å². The van der Waals surface area contributed by atoms with E-state index in [-0.39, 0.29) is 30.7 Å². The Labute approximate surface area is 191 Å². The van der Waals surface area contributed by atoms with Crippen LogP contribution in [-0.4, -0.2) is 44.1 Å². The van der Waals surface area contributed by atoms with Crippen molar-refractivity contribution in [3.8, 4) is 11.6 Å². The van der Waals surface area contributed by atoms with Crippen molar-refractivity contribution < 1.29 is 14.0 Å². The molecule has 0 aliphatic heterocycles.